The van der Waals surface area contributed by atoms with Crippen molar-refractivity contribution in [3.63, 3.8) is 0 Å². The van der Waals surface area contributed by atoms with Crippen LogP contribution in [0.4, 0.5) is 11.4 Å². The van der Waals surface area contributed by atoms with Gasteiger partial charge in [-0.25, -0.2) is 0 Å². The number of para-hydroxylation sites is 1. The van der Waals surface area contributed by atoms with Crippen molar-refractivity contribution in [1.29, 1.82) is 0 Å². The lowest BCUT2D eigenvalue weighted by atomic mass is 10.2. The zero-order chi connectivity index (χ0) is 20.6. The molecule has 0 atom stereocenters. The minimum atomic E-state index is -0.0584. The number of carbonyl (C=O) groups is 1. The van der Waals surface area contributed by atoms with Crippen LogP contribution in [0.2, 0.25) is 0 Å². The third-order valence-electron chi connectivity index (χ3n) is 4.68. The molecule has 0 fully saturated rings. The second-order valence-electron chi connectivity index (χ2n) is 6.47. The summed E-state index contributed by atoms with van der Waals surface area (Å²) in [6.07, 6.45) is 0. The molecule has 0 aliphatic heterocycles. The second-order valence-corrected chi connectivity index (χ2v) is 7.41. The number of aromatic nitrogens is 3. The summed E-state index contributed by atoms with van der Waals surface area (Å²) in [7, 11) is 0. The van der Waals surface area contributed by atoms with Gasteiger partial charge in [0.2, 0.25) is 5.91 Å². The Kier molecular flexibility index (Phi) is 7.30. The van der Waals surface area contributed by atoms with Gasteiger partial charge in [-0.3, -0.25) is 4.79 Å². The fraction of sp³-hybridized carbons (Fsp3) is 0.318. The molecule has 0 aliphatic rings. The monoisotopic (exact) mass is 409 g/mol. The van der Waals surface area contributed by atoms with Crippen molar-refractivity contribution < 1.29 is 4.79 Å². The number of amides is 1. The number of nitrogens with one attached hydrogen (secondary N) is 1. The van der Waals surface area contributed by atoms with Crippen LogP contribution in [-0.4, -0.2) is 39.5 Å². The van der Waals surface area contributed by atoms with E-state index in [-0.39, 0.29) is 11.7 Å². The SMILES string of the molecule is CCN(CC)c1ccc(-c2nnc(SCC(=O)Nc3ccccc3)n2CC)cc1. The molecule has 1 aromatic heterocycles. The van der Waals surface area contributed by atoms with Gasteiger partial charge in [0.25, 0.3) is 0 Å². The minimum Gasteiger partial charge on any atom is -0.372 e. The van der Waals surface area contributed by atoms with Crippen molar-refractivity contribution >= 4 is 29.0 Å². The number of hydrogen-bond donors (Lipinski definition) is 1. The van der Waals surface area contributed by atoms with E-state index >= 15 is 0 Å². The molecule has 0 bridgehead atoms. The number of rotatable bonds is 9. The first-order valence-corrected chi connectivity index (χ1v) is 10.9. The molecule has 7 heteroatoms. The fourth-order valence-corrected chi connectivity index (χ4v) is 3.96. The summed E-state index contributed by atoms with van der Waals surface area (Å²) in [5.74, 6) is 1.05. The van der Waals surface area contributed by atoms with Gasteiger partial charge in [-0.15, -0.1) is 10.2 Å². The van der Waals surface area contributed by atoms with E-state index in [2.05, 4.69) is 65.5 Å². The Morgan fingerprint density at radius 2 is 1.69 bits per heavy atom. The molecule has 0 aliphatic carbocycles. The highest BCUT2D eigenvalue weighted by atomic mass is 32.2. The van der Waals surface area contributed by atoms with Crippen molar-refractivity contribution in [2.75, 3.05) is 29.1 Å². The molecule has 2 aromatic carbocycles. The summed E-state index contributed by atoms with van der Waals surface area (Å²) < 4.78 is 2.05. The summed E-state index contributed by atoms with van der Waals surface area (Å²) in [5, 5.41) is 12.3. The van der Waals surface area contributed by atoms with Crippen molar-refractivity contribution in [3.05, 3.63) is 54.6 Å². The van der Waals surface area contributed by atoms with E-state index in [1.165, 1.54) is 17.4 Å². The highest BCUT2D eigenvalue weighted by Gasteiger charge is 2.15. The predicted molar refractivity (Wildman–Crippen MR) is 120 cm³/mol. The molecule has 29 heavy (non-hydrogen) atoms. The van der Waals surface area contributed by atoms with Crippen LogP contribution in [0.25, 0.3) is 11.4 Å². The molecule has 0 radical (unpaired) electrons. The maximum atomic E-state index is 12.2. The van der Waals surface area contributed by atoms with Crippen LogP contribution in [-0.2, 0) is 11.3 Å². The van der Waals surface area contributed by atoms with Crippen molar-refractivity contribution in [3.8, 4) is 11.4 Å². The van der Waals surface area contributed by atoms with Gasteiger partial charge in [-0.1, -0.05) is 30.0 Å². The van der Waals surface area contributed by atoms with Crippen LogP contribution in [0.5, 0.6) is 0 Å². The van der Waals surface area contributed by atoms with E-state index in [9.17, 15) is 4.79 Å². The van der Waals surface area contributed by atoms with Crippen LogP contribution in [0.1, 0.15) is 20.8 Å². The third-order valence-corrected chi connectivity index (χ3v) is 5.64. The molecule has 1 heterocycles. The molecule has 3 rings (SSSR count). The number of carbonyl (C=O) groups excluding carboxylic acids is 1. The fourth-order valence-electron chi connectivity index (χ4n) is 3.15. The Bertz CT molecular complexity index is 920. The molecular weight excluding hydrogens is 382 g/mol. The standard InChI is InChI=1S/C22H27N5OS/c1-4-26(5-2)19-14-12-17(13-15-19)21-24-25-22(27(21)6-3)29-16-20(28)23-18-10-8-7-9-11-18/h7-15H,4-6,16H2,1-3H3,(H,23,28). The lowest BCUT2D eigenvalue weighted by Gasteiger charge is -2.21. The van der Waals surface area contributed by atoms with Gasteiger partial charge < -0.3 is 14.8 Å². The molecule has 0 saturated heterocycles. The van der Waals surface area contributed by atoms with E-state index in [1.807, 2.05) is 34.9 Å². The van der Waals surface area contributed by atoms with Gasteiger partial charge in [-0.2, -0.15) is 0 Å². The maximum absolute atomic E-state index is 12.2. The molecule has 1 amide bonds. The van der Waals surface area contributed by atoms with Gasteiger partial charge in [0.15, 0.2) is 11.0 Å². The highest BCUT2D eigenvalue weighted by Crippen LogP contribution is 2.26. The van der Waals surface area contributed by atoms with Gasteiger partial charge in [0.05, 0.1) is 5.75 Å². The topological polar surface area (TPSA) is 63.1 Å². The van der Waals surface area contributed by atoms with Crippen LogP contribution in [0.3, 0.4) is 0 Å². The van der Waals surface area contributed by atoms with E-state index < -0.39 is 0 Å². The number of benzene rings is 2. The van der Waals surface area contributed by atoms with Gasteiger partial charge in [0.1, 0.15) is 0 Å². The molecule has 0 spiro atoms. The van der Waals surface area contributed by atoms with E-state index in [0.717, 1.165) is 41.9 Å². The first-order chi connectivity index (χ1) is 14.2. The van der Waals surface area contributed by atoms with E-state index in [1.54, 1.807) is 0 Å². The first-order valence-electron chi connectivity index (χ1n) is 9.92. The van der Waals surface area contributed by atoms with Crippen molar-refractivity contribution in [2.24, 2.45) is 0 Å². The summed E-state index contributed by atoms with van der Waals surface area (Å²) in [5.41, 5.74) is 3.02. The van der Waals surface area contributed by atoms with Gasteiger partial charge in [-0.05, 0) is 57.2 Å². The second kappa shape index (κ2) is 10.1. The summed E-state index contributed by atoms with van der Waals surface area (Å²) in [4.78, 5) is 14.5. The Balaban J connectivity index is 1.69. The highest BCUT2D eigenvalue weighted by molar-refractivity contribution is 7.99. The number of anilines is 2. The molecular formula is C22H27N5OS. The lowest BCUT2D eigenvalue weighted by molar-refractivity contribution is -0.113. The molecule has 152 valence electrons. The van der Waals surface area contributed by atoms with Crippen molar-refractivity contribution in [2.45, 2.75) is 32.5 Å². The maximum Gasteiger partial charge on any atom is 0.234 e. The van der Waals surface area contributed by atoms with Gasteiger partial charge in [0, 0.05) is 36.6 Å². The molecule has 3 aromatic rings. The van der Waals surface area contributed by atoms with E-state index in [0.29, 0.717) is 0 Å². The summed E-state index contributed by atoms with van der Waals surface area (Å²) in [6.45, 7) is 9.07. The Morgan fingerprint density at radius 1 is 1.00 bits per heavy atom. The minimum absolute atomic E-state index is 0.0584. The molecule has 0 saturated carbocycles. The lowest BCUT2D eigenvalue weighted by Crippen LogP contribution is -2.21. The van der Waals surface area contributed by atoms with E-state index in [4.69, 9.17) is 0 Å². The zero-order valence-corrected chi connectivity index (χ0v) is 17.9. The van der Waals surface area contributed by atoms with Crippen LogP contribution in [0.15, 0.2) is 59.8 Å². The number of nitrogens with zero attached hydrogens (tertiary/aromatic N) is 4. The Labute approximate surface area is 176 Å². The first kappa shape index (κ1) is 20.9. The predicted octanol–water partition coefficient (Wildman–Crippen LogP) is 4.54. The quantitative estimate of drug-likeness (QED) is 0.526. The van der Waals surface area contributed by atoms with Crippen LogP contribution in [0, 0.1) is 0 Å². The summed E-state index contributed by atoms with van der Waals surface area (Å²) in [6, 6.07) is 17.9. The average Bonchev–Trinajstić information content (AvgIpc) is 3.17. The summed E-state index contributed by atoms with van der Waals surface area (Å²) >= 11 is 1.40. The van der Waals surface area contributed by atoms with Gasteiger partial charge >= 0.3 is 0 Å². The third kappa shape index (κ3) is 5.17. The molecule has 6 nitrogen and oxygen atoms in total. The smallest absolute Gasteiger partial charge is 0.234 e. The average molecular weight is 410 g/mol. The Morgan fingerprint density at radius 3 is 2.31 bits per heavy atom. The zero-order valence-electron chi connectivity index (χ0n) is 17.1. The largest absolute Gasteiger partial charge is 0.372 e. The van der Waals surface area contributed by atoms with Crippen LogP contribution >= 0.6 is 11.8 Å². The normalized spacial score (nSPS) is 10.7. The van der Waals surface area contributed by atoms with Crippen LogP contribution < -0.4 is 10.2 Å². The van der Waals surface area contributed by atoms with Crippen molar-refractivity contribution in [1.82, 2.24) is 14.8 Å². The Hall–Kier alpha value is -2.80. The number of hydrogen-bond acceptors (Lipinski definition) is 5. The molecule has 0 unspecified atom stereocenters. The number of thioether (sulfide) groups is 1. The molecule has 1 N–H and O–H groups in total.